The summed E-state index contributed by atoms with van der Waals surface area (Å²) in [6, 6.07) is 17.5. The Morgan fingerprint density at radius 1 is 1.09 bits per heavy atom. The number of alkyl halides is 3. The smallest absolute Gasteiger partial charge is 0.406 e. The van der Waals surface area contributed by atoms with Gasteiger partial charge in [0.1, 0.15) is 17.1 Å². The lowest BCUT2D eigenvalue weighted by molar-refractivity contribution is -0.274. The summed E-state index contributed by atoms with van der Waals surface area (Å²) in [5, 5.41) is 3.14. The number of amides is 1. The maximum absolute atomic E-state index is 12.7. The first-order valence-corrected chi connectivity index (χ1v) is 11.4. The topological polar surface area (TPSA) is 69.0 Å². The van der Waals surface area contributed by atoms with E-state index in [2.05, 4.69) is 32.2 Å². The van der Waals surface area contributed by atoms with Gasteiger partial charge in [-0.3, -0.25) is 4.79 Å². The molecule has 9 heteroatoms. The van der Waals surface area contributed by atoms with Crippen molar-refractivity contribution in [2.45, 2.75) is 44.6 Å². The molecule has 2 aromatic carbocycles. The van der Waals surface area contributed by atoms with E-state index in [1.807, 2.05) is 22.8 Å². The number of benzene rings is 2. The first-order chi connectivity index (χ1) is 16.9. The van der Waals surface area contributed by atoms with Gasteiger partial charge < -0.3 is 14.6 Å². The fourth-order valence-corrected chi connectivity index (χ4v) is 4.54. The van der Waals surface area contributed by atoms with Crippen molar-refractivity contribution in [3.8, 4) is 5.75 Å². The molecule has 0 bridgehead atoms. The number of hydrogen-bond acceptors (Lipinski definition) is 4. The van der Waals surface area contributed by atoms with Gasteiger partial charge in [-0.15, -0.1) is 13.2 Å². The van der Waals surface area contributed by atoms with Crippen LogP contribution in [0.25, 0.3) is 11.2 Å². The van der Waals surface area contributed by atoms with Crippen LogP contribution < -0.4 is 10.1 Å². The Hall–Kier alpha value is -3.88. The zero-order valence-electron chi connectivity index (χ0n) is 18.8. The van der Waals surface area contributed by atoms with Crippen LogP contribution in [0.4, 0.5) is 13.2 Å². The van der Waals surface area contributed by atoms with E-state index in [1.54, 1.807) is 24.4 Å². The van der Waals surface area contributed by atoms with Gasteiger partial charge in [0.25, 0.3) is 0 Å². The molecule has 1 N–H and O–H groups in total. The molecule has 1 amide bonds. The van der Waals surface area contributed by atoms with Crippen molar-refractivity contribution in [3.63, 3.8) is 0 Å². The van der Waals surface area contributed by atoms with Crippen LogP contribution in [0.2, 0.25) is 0 Å². The number of hydrogen-bond donors (Lipinski definition) is 1. The van der Waals surface area contributed by atoms with Crippen LogP contribution in [0.5, 0.6) is 5.75 Å². The quantitative estimate of drug-likeness (QED) is 0.399. The van der Waals surface area contributed by atoms with Crippen molar-refractivity contribution >= 4 is 17.1 Å². The number of halogens is 3. The SMILES string of the molecule is O=C(CCc1nc2cccnc2n1Cc1ccc(OC(F)(F)F)cc1)NC1CCc2ccccc21. The zero-order valence-corrected chi connectivity index (χ0v) is 18.8. The minimum atomic E-state index is -4.74. The summed E-state index contributed by atoms with van der Waals surface area (Å²) < 4.78 is 43.2. The van der Waals surface area contributed by atoms with Crippen LogP contribution in [-0.4, -0.2) is 26.8 Å². The van der Waals surface area contributed by atoms with Crippen LogP contribution in [0.1, 0.15) is 41.4 Å². The van der Waals surface area contributed by atoms with E-state index in [4.69, 9.17) is 0 Å². The summed E-state index contributed by atoms with van der Waals surface area (Å²) in [4.78, 5) is 21.8. The molecule has 1 aliphatic carbocycles. The number of fused-ring (bicyclic) bond motifs is 2. The van der Waals surface area contributed by atoms with Crippen LogP contribution in [-0.2, 0) is 24.2 Å². The Bertz CT molecular complexity index is 1350. The maximum Gasteiger partial charge on any atom is 0.573 e. The van der Waals surface area contributed by atoms with E-state index in [0.717, 1.165) is 18.4 Å². The molecular weight excluding hydrogens is 457 g/mol. The van der Waals surface area contributed by atoms with Crippen molar-refractivity contribution in [1.82, 2.24) is 19.9 Å². The van der Waals surface area contributed by atoms with E-state index in [0.29, 0.717) is 30.0 Å². The van der Waals surface area contributed by atoms with E-state index in [9.17, 15) is 18.0 Å². The molecule has 2 aromatic heterocycles. The minimum absolute atomic E-state index is 0.0246. The molecule has 180 valence electrons. The molecule has 5 rings (SSSR count). The number of imidazole rings is 1. The average molecular weight is 480 g/mol. The molecule has 2 heterocycles. The standard InChI is InChI=1S/C26H23F3N4O2/c27-26(28,29)35-19-10-7-17(8-11-19)16-33-23(31-22-6-3-15-30-25(22)33)13-14-24(34)32-21-12-9-18-4-1-2-5-20(18)21/h1-8,10-11,15,21H,9,12-14,16H2,(H,32,34). The molecule has 6 nitrogen and oxygen atoms in total. The summed E-state index contributed by atoms with van der Waals surface area (Å²) in [5.41, 5.74) is 4.57. The Labute approximate surface area is 199 Å². The Balaban J connectivity index is 1.29. The number of aromatic nitrogens is 3. The lowest BCUT2D eigenvalue weighted by Gasteiger charge is -2.14. The number of carbonyl (C=O) groups is 1. The van der Waals surface area contributed by atoms with Gasteiger partial charge >= 0.3 is 6.36 Å². The fourth-order valence-electron chi connectivity index (χ4n) is 4.54. The third-order valence-electron chi connectivity index (χ3n) is 6.12. The highest BCUT2D eigenvalue weighted by molar-refractivity contribution is 5.77. The van der Waals surface area contributed by atoms with Crippen LogP contribution in [0.3, 0.4) is 0 Å². The van der Waals surface area contributed by atoms with E-state index >= 15 is 0 Å². The van der Waals surface area contributed by atoms with E-state index < -0.39 is 6.36 Å². The highest BCUT2D eigenvalue weighted by Crippen LogP contribution is 2.31. The Kier molecular flexibility index (Phi) is 6.15. The molecule has 4 aromatic rings. The number of pyridine rings is 1. The number of ether oxygens (including phenoxy) is 1. The van der Waals surface area contributed by atoms with Gasteiger partial charge in [0.15, 0.2) is 5.65 Å². The number of rotatable bonds is 7. The summed E-state index contributed by atoms with van der Waals surface area (Å²) >= 11 is 0. The van der Waals surface area contributed by atoms with Gasteiger partial charge in [0, 0.05) is 19.0 Å². The molecule has 0 saturated heterocycles. The van der Waals surface area contributed by atoms with Crippen molar-refractivity contribution in [3.05, 3.63) is 89.4 Å². The van der Waals surface area contributed by atoms with Crippen LogP contribution in [0.15, 0.2) is 66.9 Å². The molecule has 35 heavy (non-hydrogen) atoms. The van der Waals surface area contributed by atoms with Crippen LogP contribution >= 0.6 is 0 Å². The Morgan fingerprint density at radius 3 is 2.69 bits per heavy atom. The van der Waals surface area contributed by atoms with Gasteiger partial charge in [-0.1, -0.05) is 36.4 Å². The zero-order chi connectivity index (χ0) is 24.4. The molecule has 0 saturated carbocycles. The summed E-state index contributed by atoms with van der Waals surface area (Å²) in [5.74, 6) is 0.364. The third kappa shape index (κ3) is 5.29. The lowest BCUT2D eigenvalue weighted by Crippen LogP contribution is -2.27. The van der Waals surface area contributed by atoms with E-state index in [-0.39, 0.29) is 24.1 Å². The molecule has 1 aliphatic rings. The lowest BCUT2D eigenvalue weighted by atomic mass is 10.1. The second-order valence-corrected chi connectivity index (χ2v) is 8.51. The van der Waals surface area contributed by atoms with Crippen molar-refractivity contribution < 1.29 is 22.7 Å². The number of nitrogens with zero attached hydrogens (tertiary/aromatic N) is 3. The Morgan fingerprint density at radius 2 is 1.89 bits per heavy atom. The molecular formula is C26H23F3N4O2. The number of nitrogens with one attached hydrogen (secondary N) is 1. The summed E-state index contributed by atoms with van der Waals surface area (Å²) in [6.07, 6.45) is -0.557. The van der Waals surface area contributed by atoms with Gasteiger partial charge in [-0.05, 0) is 53.8 Å². The van der Waals surface area contributed by atoms with Crippen molar-refractivity contribution in [2.24, 2.45) is 0 Å². The average Bonchev–Trinajstić information content (AvgIpc) is 3.39. The third-order valence-corrected chi connectivity index (χ3v) is 6.12. The second-order valence-electron chi connectivity index (χ2n) is 8.51. The largest absolute Gasteiger partial charge is 0.573 e. The summed E-state index contributed by atoms with van der Waals surface area (Å²) in [6.45, 7) is 0.354. The van der Waals surface area contributed by atoms with Gasteiger partial charge in [0.05, 0.1) is 12.6 Å². The van der Waals surface area contributed by atoms with Crippen LogP contribution in [0, 0.1) is 0 Å². The normalized spacial score (nSPS) is 15.2. The monoisotopic (exact) mass is 480 g/mol. The fraction of sp³-hybridized carbons (Fsp3) is 0.269. The second kappa shape index (κ2) is 9.40. The van der Waals surface area contributed by atoms with Gasteiger partial charge in [0.2, 0.25) is 5.91 Å². The molecule has 0 radical (unpaired) electrons. The molecule has 1 atom stereocenters. The predicted octanol–water partition coefficient (Wildman–Crippen LogP) is 5.11. The highest BCUT2D eigenvalue weighted by atomic mass is 19.4. The molecule has 1 unspecified atom stereocenters. The highest BCUT2D eigenvalue weighted by Gasteiger charge is 2.31. The van der Waals surface area contributed by atoms with Gasteiger partial charge in [-0.2, -0.15) is 0 Å². The predicted molar refractivity (Wildman–Crippen MR) is 124 cm³/mol. The maximum atomic E-state index is 12.7. The number of aryl methyl sites for hydroxylation is 2. The van der Waals surface area contributed by atoms with Crippen molar-refractivity contribution in [1.29, 1.82) is 0 Å². The first kappa shape index (κ1) is 22.9. The van der Waals surface area contributed by atoms with Crippen molar-refractivity contribution in [2.75, 3.05) is 0 Å². The molecule has 0 spiro atoms. The number of carbonyl (C=O) groups excluding carboxylic acids is 1. The summed E-state index contributed by atoms with van der Waals surface area (Å²) in [7, 11) is 0. The van der Waals surface area contributed by atoms with E-state index in [1.165, 1.54) is 23.3 Å². The molecule has 0 aliphatic heterocycles. The first-order valence-electron chi connectivity index (χ1n) is 11.4. The molecule has 0 fully saturated rings. The van der Waals surface area contributed by atoms with Gasteiger partial charge in [-0.25, -0.2) is 9.97 Å². The minimum Gasteiger partial charge on any atom is -0.406 e.